The number of nitrogens with one attached hydrogen (secondary N) is 2. The standard InChI is InChI=1S/C22H35N5O/c1-5-22(6-2,13-14-28)17-25-21(23-7-3)27(4)16-20-24-15-19(26-20)18-11-9-8-10-12-18/h8-12,15,28H,5-7,13-14,16-17H2,1-4H3,(H,23,25)(H,24,26). The van der Waals surface area contributed by atoms with Gasteiger partial charge in [0.1, 0.15) is 5.82 Å². The largest absolute Gasteiger partial charge is 0.396 e. The highest BCUT2D eigenvalue weighted by Crippen LogP contribution is 2.30. The first-order valence-corrected chi connectivity index (χ1v) is 10.3. The molecule has 0 bridgehead atoms. The molecule has 28 heavy (non-hydrogen) atoms. The molecule has 0 radical (unpaired) electrons. The molecule has 0 saturated heterocycles. The van der Waals surface area contributed by atoms with Crippen molar-refractivity contribution in [1.82, 2.24) is 20.2 Å². The van der Waals surface area contributed by atoms with E-state index in [4.69, 9.17) is 4.99 Å². The Morgan fingerprint density at radius 2 is 1.93 bits per heavy atom. The van der Waals surface area contributed by atoms with Gasteiger partial charge < -0.3 is 20.3 Å². The summed E-state index contributed by atoms with van der Waals surface area (Å²) in [6.07, 6.45) is 4.68. The van der Waals surface area contributed by atoms with Crippen LogP contribution >= 0.6 is 0 Å². The summed E-state index contributed by atoms with van der Waals surface area (Å²) in [6, 6.07) is 10.2. The van der Waals surface area contributed by atoms with E-state index >= 15 is 0 Å². The van der Waals surface area contributed by atoms with Crippen LogP contribution in [0.1, 0.15) is 45.9 Å². The fraction of sp³-hybridized carbons (Fsp3) is 0.545. The van der Waals surface area contributed by atoms with Crippen molar-refractivity contribution in [3.05, 3.63) is 42.4 Å². The topological polar surface area (TPSA) is 76.5 Å². The van der Waals surface area contributed by atoms with Crippen LogP contribution in [0.25, 0.3) is 11.3 Å². The van der Waals surface area contributed by atoms with Crippen LogP contribution in [0.3, 0.4) is 0 Å². The maximum Gasteiger partial charge on any atom is 0.194 e. The molecule has 0 unspecified atom stereocenters. The summed E-state index contributed by atoms with van der Waals surface area (Å²) in [5.41, 5.74) is 2.20. The van der Waals surface area contributed by atoms with Crippen LogP contribution in [0.4, 0.5) is 0 Å². The number of aliphatic hydroxyl groups excluding tert-OH is 1. The van der Waals surface area contributed by atoms with Crippen LogP contribution in [0.15, 0.2) is 41.5 Å². The summed E-state index contributed by atoms with van der Waals surface area (Å²) < 4.78 is 0. The zero-order valence-electron chi connectivity index (χ0n) is 17.7. The van der Waals surface area contributed by atoms with Crippen LogP contribution in [0, 0.1) is 5.41 Å². The van der Waals surface area contributed by atoms with Gasteiger partial charge in [-0.2, -0.15) is 0 Å². The Balaban J connectivity index is 2.10. The highest BCUT2D eigenvalue weighted by molar-refractivity contribution is 5.79. The van der Waals surface area contributed by atoms with E-state index in [2.05, 4.69) is 53.1 Å². The molecule has 2 rings (SSSR count). The predicted molar refractivity (Wildman–Crippen MR) is 116 cm³/mol. The van der Waals surface area contributed by atoms with Gasteiger partial charge in [0, 0.05) is 26.7 Å². The lowest BCUT2D eigenvalue weighted by Gasteiger charge is -2.30. The number of benzene rings is 1. The fourth-order valence-corrected chi connectivity index (χ4v) is 3.36. The second kappa shape index (κ2) is 10.9. The minimum absolute atomic E-state index is 0.0570. The molecule has 0 aliphatic carbocycles. The summed E-state index contributed by atoms with van der Waals surface area (Å²) in [6.45, 7) is 8.80. The molecule has 154 valence electrons. The molecule has 0 aliphatic heterocycles. The van der Waals surface area contributed by atoms with Crippen LogP contribution < -0.4 is 5.32 Å². The van der Waals surface area contributed by atoms with Crippen molar-refractivity contribution < 1.29 is 5.11 Å². The zero-order chi connectivity index (χ0) is 20.4. The van der Waals surface area contributed by atoms with E-state index in [1.165, 1.54) is 0 Å². The smallest absolute Gasteiger partial charge is 0.194 e. The number of nitrogens with zero attached hydrogens (tertiary/aromatic N) is 3. The van der Waals surface area contributed by atoms with Gasteiger partial charge >= 0.3 is 0 Å². The Hall–Kier alpha value is -2.34. The number of imidazole rings is 1. The van der Waals surface area contributed by atoms with Crippen molar-refractivity contribution in [1.29, 1.82) is 0 Å². The number of aliphatic imine (C=N–C) groups is 1. The van der Waals surface area contributed by atoms with Crippen LogP contribution in [0.2, 0.25) is 0 Å². The second-order valence-electron chi connectivity index (χ2n) is 7.32. The molecule has 0 saturated carbocycles. The minimum atomic E-state index is 0.0570. The third-order valence-corrected chi connectivity index (χ3v) is 5.50. The lowest BCUT2D eigenvalue weighted by atomic mass is 9.79. The highest BCUT2D eigenvalue weighted by atomic mass is 16.3. The third kappa shape index (κ3) is 5.83. The monoisotopic (exact) mass is 385 g/mol. The van der Waals surface area contributed by atoms with Crippen LogP contribution in [-0.4, -0.2) is 52.7 Å². The average Bonchev–Trinajstić information content (AvgIpc) is 3.19. The summed E-state index contributed by atoms with van der Waals surface area (Å²) in [4.78, 5) is 14.9. The average molecular weight is 386 g/mol. The third-order valence-electron chi connectivity index (χ3n) is 5.50. The van der Waals surface area contributed by atoms with Crippen molar-refractivity contribution in [2.45, 2.75) is 46.6 Å². The summed E-state index contributed by atoms with van der Waals surface area (Å²) in [5.74, 6) is 1.77. The number of guanidine groups is 1. The summed E-state index contributed by atoms with van der Waals surface area (Å²) in [5, 5.41) is 12.8. The molecule has 0 spiro atoms. The molecule has 0 aliphatic rings. The molecule has 0 fully saturated rings. The van der Waals surface area contributed by atoms with Gasteiger partial charge in [-0.3, -0.25) is 4.99 Å². The molecular formula is C22H35N5O. The first kappa shape index (κ1) is 22.0. The van der Waals surface area contributed by atoms with Gasteiger partial charge in [-0.15, -0.1) is 0 Å². The lowest BCUT2D eigenvalue weighted by molar-refractivity contribution is 0.175. The summed E-state index contributed by atoms with van der Waals surface area (Å²) in [7, 11) is 2.03. The zero-order valence-corrected chi connectivity index (χ0v) is 17.7. The van der Waals surface area contributed by atoms with Gasteiger partial charge in [0.25, 0.3) is 0 Å². The molecule has 0 atom stereocenters. The number of aliphatic hydroxyl groups is 1. The first-order chi connectivity index (χ1) is 13.6. The number of aromatic nitrogens is 2. The Bertz CT molecular complexity index is 722. The van der Waals surface area contributed by atoms with Gasteiger partial charge in [-0.25, -0.2) is 4.98 Å². The van der Waals surface area contributed by atoms with Crippen LogP contribution in [0.5, 0.6) is 0 Å². The molecule has 3 N–H and O–H groups in total. The van der Waals surface area contributed by atoms with Crippen molar-refractivity contribution in [3.8, 4) is 11.3 Å². The number of aromatic amines is 1. The van der Waals surface area contributed by atoms with Gasteiger partial charge in [-0.05, 0) is 37.2 Å². The summed E-state index contributed by atoms with van der Waals surface area (Å²) >= 11 is 0. The number of hydrogen-bond acceptors (Lipinski definition) is 3. The Morgan fingerprint density at radius 1 is 1.21 bits per heavy atom. The van der Waals surface area contributed by atoms with Gasteiger partial charge in [0.05, 0.1) is 18.4 Å². The molecule has 6 heteroatoms. The normalized spacial score (nSPS) is 12.2. The van der Waals surface area contributed by atoms with E-state index in [9.17, 15) is 5.11 Å². The molecule has 1 heterocycles. The molecule has 0 amide bonds. The minimum Gasteiger partial charge on any atom is -0.396 e. The predicted octanol–water partition coefficient (Wildman–Crippen LogP) is 3.66. The molecule has 6 nitrogen and oxygen atoms in total. The highest BCUT2D eigenvalue weighted by Gasteiger charge is 2.25. The fourth-order valence-electron chi connectivity index (χ4n) is 3.36. The van der Waals surface area contributed by atoms with Gasteiger partial charge in [-0.1, -0.05) is 44.2 Å². The van der Waals surface area contributed by atoms with Crippen molar-refractivity contribution in [3.63, 3.8) is 0 Å². The van der Waals surface area contributed by atoms with Gasteiger partial charge in [0.15, 0.2) is 5.96 Å². The number of H-pyrrole nitrogens is 1. The second-order valence-corrected chi connectivity index (χ2v) is 7.32. The Labute approximate surface area is 169 Å². The molecular weight excluding hydrogens is 350 g/mol. The SMILES string of the molecule is CCNC(=NCC(CC)(CC)CCO)N(C)Cc1ncc(-c2ccccc2)[nH]1. The Kier molecular flexibility index (Phi) is 8.51. The molecule has 2 aromatic rings. The first-order valence-electron chi connectivity index (χ1n) is 10.3. The quantitative estimate of drug-likeness (QED) is 0.431. The molecule has 1 aromatic carbocycles. The number of hydrogen-bond donors (Lipinski definition) is 3. The van der Waals surface area contributed by atoms with E-state index in [1.54, 1.807) is 0 Å². The van der Waals surface area contributed by atoms with E-state index in [0.717, 1.165) is 48.8 Å². The van der Waals surface area contributed by atoms with Crippen molar-refractivity contribution in [2.24, 2.45) is 10.4 Å². The van der Waals surface area contributed by atoms with E-state index < -0.39 is 0 Å². The van der Waals surface area contributed by atoms with E-state index in [-0.39, 0.29) is 12.0 Å². The van der Waals surface area contributed by atoms with E-state index in [0.29, 0.717) is 13.1 Å². The van der Waals surface area contributed by atoms with Crippen molar-refractivity contribution >= 4 is 5.96 Å². The maximum atomic E-state index is 9.45. The Morgan fingerprint density at radius 3 is 2.54 bits per heavy atom. The maximum absolute atomic E-state index is 9.45. The molecule has 1 aromatic heterocycles. The lowest BCUT2D eigenvalue weighted by Crippen LogP contribution is -2.39. The van der Waals surface area contributed by atoms with Gasteiger partial charge in [0.2, 0.25) is 0 Å². The van der Waals surface area contributed by atoms with E-state index in [1.807, 2.05) is 31.4 Å². The van der Waals surface area contributed by atoms with Crippen molar-refractivity contribution in [2.75, 3.05) is 26.7 Å². The van der Waals surface area contributed by atoms with Crippen LogP contribution in [-0.2, 0) is 6.54 Å². The number of rotatable bonds is 10.